The summed E-state index contributed by atoms with van der Waals surface area (Å²) in [4.78, 5) is 40.0. The monoisotopic (exact) mass is 418 g/mol. The number of hydrogen-bond donors (Lipinski definition) is 2. The van der Waals surface area contributed by atoms with E-state index in [1.807, 2.05) is 31.2 Å². The highest BCUT2D eigenvalue weighted by Gasteiger charge is 2.53. The Morgan fingerprint density at radius 3 is 2.17 bits per heavy atom. The molecule has 150 valence electrons. The van der Waals surface area contributed by atoms with Crippen LogP contribution >= 0.6 is 11.3 Å². The van der Waals surface area contributed by atoms with Gasteiger partial charge in [0.15, 0.2) is 5.13 Å². The molecule has 1 unspecified atom stereocenters. The zero-order valence-corrected chi connectivity index (χ0v) is 16.9. The topological polar surface area (TPSA) is 96.4 Å². The molecule has 0 spiro atoms. The zero-order chi connectivity index (χ0) is 21.0. The summed E-state index contributed by atoms with van der Waals surface area (Å²) in [5.41, 5.74) is 4.02. The van der Waals surface area contributed by atoms with Gasteiger partial charge in [-0.2, -0.15) is 0 Å². The molecule has 1 atom stereocenters. The van der Waals surface area contributed by atoms with Crippen LogP contribution in [0.1, 0.15) is 57.9 Å². The molecule has 2 N–H and O–H groups in total. The Bertz CT molecular complexity index is 1170. The number of nitrogens with zero attached hydrogens (tertiary/aromatic N) is 1. The van der Waals surface area contributed by atoms with Crippen molar-refractivity contribution in [1.82, 2.24) is 4.98 Å². The lowest BCUT2D eigenvalue weighted by Crippen LogP contribution is -2.47. The summed E-state index contributed by atoms with van der Waals surface area (Å²) in [7, 11) is 0. The number of Topliss-reactive ketones (excluding diaryl/α,β-unsaturated/α-hetero) is 1. The standard InChI is InChI=1S/C23H18N2O4S/c1-23(21(29)25-22-24-17(11-30-22)19(26)20(27)28)10-16-12-6-2-4-8-14(12)18(23)15-9-5-3-7-13(15)16/h2-9,11,16,18H,10H2,1H3,(H,27,28)(H,24,25,29). The minimum Gasteiger partial charge on any atom is -0.475 e. The molecule has 7 heteroatoms. The van der Waals surface area contributed by atoms with Crippen LogP contribution in [0.2, 0.25) is 0 Å². The molecule has 0 saturated carbocycles. The quantitative estimate of drug-likeness (QED) is 0.492. The van der Waals surface area contributed by atoms with Crippen molar-refractivity contribution in [2.75, 3.05) is 5.32 Å². The van der Waals surface area contributed by atoms with Crippen molar-refractivity contribution in [2.24, 2.45) is 5.41 Å². The average Bonchev–Trinajstić information content (AvgIpc) is 3.21. The number of carbonyl (C=O) groups is 3. The Morgan fingerprint density at radius 2 is 1.60 bits per heavy atom. The van der Waals surface area contributed by atoms with E-state index in [4.69, 9.17) is 5.11 Å². The number of ketones is 1. The number of amides is 1. The fraction of sp³-hybridized carbons (Fsp3) is 0.217. The first kappa shape index (κ1) is 18.7. The van der Waals surface area contributed by atoms with Gasteiger partial charge in [0.25, 0.3) is 5.78 Å². The van der Waals surface area contributed by atoms with Gasteiger partial charge in [-0.1, -0.05) is 48.5 Å². The summed E-state index contributed by atoms with van der Waals surface area (Å²) in [6.45, 7) is 1.97. The summed E-state index contributed by atoms with van der Waals surface area (Å²) < 4.78 is 0. The molecule has 3 aliphatic carbocycles. The number of carboxylic acid groups (broad SMARTS) is 1. The predicted octanol–water partition coefficient (Wildman–Crippen LogP) is 4.04. The first-order valence-corrected chi connectivity index (χ1v) is 10.5. The van der Waals surface area contributed by atoms with Gasteiger partial charge in [0.05, 0.1) is 5.41 Å². The van der Waals surface area contributed by atoms with Crippen molar-refractivity contribution in [3.05, 3.63) is 81.9 Å². The average molecular weight is 418 g/mol. The normalized spacial score (nSPS) is 23.4. The van der Waals surface area contributed by atoms with Crippen LogP contribution in [0, 0.1) is 5.41 Å². The van der Waals surface area contributed by atoms with E-state index in [9.17, 15) is 14.4 Å². The van der Waals surface area contributed by atoms with Crippen molar-refractivity contribution < 1.29 is 19.5 Å². The molecule has 30 heavy (non-hydrogen) atoms. The Labute approximate surface area is 176 Å². The summed E-state index contributed by atoms with van der Waals surface area (Å²) in [5.74, 6) is -2.78. The number of nitrogens with one attached hydrogen (secondary N) is 1. The highest BCUT2D eigenvalue weighted by Crippen LogP contribution is 2.61. The minimum absolute atomic E-state index is 0.0880. The van der Waals surface area contributed by atoms with E-state index in [2.05, 4.69) is 34.6 Å². The Kier molecular flexibility index (Phi) is 4.11. The summed E-state index contributed by atoms with van der Waals surface area (Å²) >= 11 is 1.05. The van der Waals surface area contributed by atoms with Crippen molar-refractivity contribution in [1.29, 1.82) is 0 Å². The number of aromatic nitrogens is 1. The first-order chi connectivity index (χ1) is 14.4. The molecule has 3 aromatic rings. The van der Waals surface area contributed by atoms with E-state index < -0.39 is 17.2 Å². The molecule has 3 aliphatic rings. The van der Waals surface area contributed by atoms with Gasteiger partial charge < -0.3 is 10.4 Å². The van der Waals surface area contributed by atoms with E-state index >= 15 is 0 Å². The summed E-state index contributed by atoms with van der Waals surface area (Å²) in [6.07, 6.45) is 0.670. The van der Waals surface area contributed by atoms with Crippen molar-refractivity contribution in [2.45, 2.75) is 25.2 Å². The predicted molar refractivity (Wildman–Crippen MR) is 112 cm³/mol. The first-order valence-electron chi connectivity index (χ1n) is 9.62. The second-order valence-electron chi connectivity index (χ2n) is 7.99. The highest BCUT2D eigenvalue weighted by molar-refractivity contribution is 7.14. The molecule has 0 aliphatic heterocycles. The van der Waals surface area contributed by atoms with Crippen LogP contribution in [0.25, 0.3) is 0 Å². The number of anilines is 1. The molecule has 2 bridgehead atoms. The lowest BCUT2D eigenvalue weighted by molar-refractivity contribution is -0.131. The second-order valence-corrected chi connectivity index (χ2v) is 8.85. The smallest absolute Gasteiger partial charge is 0.378 e. The molecule has 1 amide bonds. The molecule has 0 radical (unpaired) electrons. The number of benzene rings is 2. The van der Waals surface area contributed by atoms with E-state index in [-0.39, 0.29) is 28.6 Å². The number of carbonyl (C=O) groups excluding carboxylic acids is 2. The van der Waals surface area contributed by atoms with E-state index in [1.54, 1.807) is 0 Å². The van der Waals surface area contributed by atoms with Crippen LogP contribution in [0.4, 0.5) is 5.13 Å². The van der Waals surface area contributed by atoms with Gasteiger partial charge in [0.2, 0.25) is 5.91 Å². The van der Waals surface area contributed by atoms with E-state index in [1.165, 1.54) is 27.6 Å². The van der Waals surface area contributed by atoms with Crippen LogP contribution in [0.3, 0.4) is 0 Å². The van der Waals surface area contributed by atoms with Crippen LogP contribution < -0.4 is 5.32 Å². The summed E-state index contributed by atoms with van der Waals surface area (Å²) in [6, 6.07) is 16.6. The van der Waals surface area contributed by atoms with E-state index in [0.29, 0.717) is 6.42 Å². The number of aliphatic carboxylic acids is 1. The van der Waals surface area contributed by atoms with Gasteiger partial charge in [-0.3, -0.25) is 9.59 Å². The largest absolute Gasteiger partial charge is 0.475 e. The molecule has 0 fully saturated rings. The van der Waals surface area contributed by atoms with Crippen molar-refractivity contribution >= 4 is 34.1 Å². The van der Waals surface area contributed by atoms with Gasteiger partial charge in [0.1, 0.15) is 5.69 Å². The summed E-state index contributed by atoms with van der Waals surface area (Å²) in [5, 5.41) is 13.3. The third-order valence-electron chi connectivity index (χ3n) is 6.30. The highest BCUT2D eigenvalue weighted by atomic mass is 32.1. The molecule has 2 aromatic carbocycles. The SMILES string of the molecule is CC1(C(=O)Nc2nc(C(=O)C(=O)O)cs2)CC2c3ccccc3C1c1ccccc12. The number of carboxylic acids is 1. The molecule has 0 saturated heterocycles. The van der Waals surface area contributed by atoms with Gasteiger partial charge in [-0.05, 0) is 35.6 Å². The van der Waals surface area contributed by atoms with Crippen molar-refractivity contribution in [3.8, 4) is 0 Å². The maximum Gasteiger partial charge on any atom is 0.378 e. The van der Waals surface area contributed by atoms with Gasteiger partial charge in [-0.25, -0.2) is 9.78 Å². The van der Waals surface area contributed by atoms with Crippen LogP contribution in [0.5, 0.6) is 0 Å². The second kappa shape index (κ2) is 6.60. The molecular formula is C23H18N2O4S. The zero-order valence-electron chi connectivity index (χ0n) is 16.1. The lowest BCUT2D eigenvalue weighted by atomic mass is 9.52. The third kappa shape index (κ3) is 2.62. The van der Waals surface area contributed by atoms with Crippen molar-refractivity contribution in [3.63, 3.8) is 0 Å². The van der Waals surface area contributed by atoms with E-state index in [0.717, 1.165) is 11.3 Å². The fourth-order valence-corrected chi connectivity index (χ4v) is 5.66. The van der Waals surface area contributed by atoms with Crippen LogP contribution in [-0.4, -0.2) is 27.8 Å². The molecule has 6 nitrogen and oxygen atoms in total. The Balaban J connectivity index is 1.52. The minimum atomic E-state index is -1.57. The molecule has 1 aromatic heterocycles. The van der Waals surface area contributed by atoms with Gasteiger partial charge in [0, 0.05) is 17.2 Å². The fourth-order valence-electron chi connectivity index (χ4n) is 4.97. The van der Waals surface area contributed by atoms with Gasteiger partial charge in [-0.15, -0.1) is 11.3 Å². The number of hydrogen-bond acceptors (Lipinski definition) is 5. The molecule has 1 heterocycles. The van der Waals surface area contributed by atoms with Crippen LogP contribution in [0.15, 0.2) is 53.9 Å². The Hall–Kier alpha value is -3.32. The maximum absolute atomic E-state index is 13.5. The Morgan fingerprint density at radius 1 is 1.03 bits per heavy atom. The number of fused-ring (bicyclic) bond motifs is 1. The lowest BCUT2D eigenvalue weighted by Gasteiger charge is -2.50. The number of thiazole rings is 1. The maximum atomic E-state index is 13.5. The third-order valence-corrected chi connectivity index (χ3v) is 7.06. The van der Waals surface area contributed by atoms with Crippen LogP contribution in [-0.2, 0) is 9.59 Å². The van der Waals surface area contributed by atoms with Gasteiger partial charge >= 0.3 is 5.97 Å². The number of rotatable bonds is 4. The molecular weight excluding hydrogens is 400 g/mol. The molecule has 6 rings (SSSR count).